The molecule has 0 aromatic heterocycles. The summed E-state index contributed by atoms with van der Waals surface area (Å²) in [5.74, 6) is 0.217. The summed E-state index contributed by atoms with van der Waals surface area (Å²) in [5.41, 5.74) is -0.445. The highest BCUT2D eigenvalue weighted by Gasteiger charge is 2.51. The lowest BCUT2D eigenvalue weighted by Crippen LogP contribution is -2.64. The van der Waals surface area contributed by atoms with Gasteiger partial charge in [-0.05, 0) is 30.9 Å². The van der Waals surface area contributed by atoms with E-state index in [1.807, 2.05) is 20.8 Å². The smallest absolute Gasteiger partial charge is 0.242 e. The van der Waals surface area contributed by atoms with Crippen LogP contribution in [0.15, 0.2) is 29.3 Å². The first-order valence-electron chi connectivity index (χ1n) is 8.33. The third kappa shape index (κ3) is 3.27. The number of benzene rings is 1. The molecule has 2 N–H and O–H groups in total. The number of ether oxygens (including phenoxy) is 1. The van der Waals surface area contributed by atoms with Gasteiger partial charge in [-0.1, -0.05) is 33.3 Å². The van der Waals surface area contributed by atoms with Gasteiger partial charge in [-0.15, -0.1) is 0 Å². The third-order valence-electron chi connectivity index (χ3n) is 4.69. The van der Waals surface area contributed by atoms with E-state index in [0.29, 0.717) is 17.9 Å². The highest BCUT2D eigenvalue weighted by Crippen LogP contribution is 2.36. The Bertz CT molecular complexity index is 635. The maximum atomic E-state index is 12.7. The molecule has 2 rings (SSSR count). The number of guanidine groups is 1. The Hall–Kier alpha value is -2.37. The second-order valence-electron chi connectivity index (χ2n) is 6.08. The van der Waals surface area contributed by atoms with E-state index in [1.54, 1.807) is 31.4 Å². The summed E-state index contributed by atoms with van der Waals surface area (Å²) in [7, 11) is 1.57. The first-order chi connectivity index (χ1) is 11.5. The van der Waals surface area contributed by atoms with Crippen LogP contribution in [-0.4, -0.2) is 24.9 Å². The van der Waals surface area contributed by atoms with Crippen LogP contribution >= 0.6 is 0 Å². The lowest BCUT2D eigenvalue weighted by Gasteiger charge is -2.38. The van der Waals surface area contributed by atoms with Crippen LogP contribution in [0.2, 0.25) is 0 Å². The van der Waals surface area contributed by atoms with Crippen LogP contribution in [0.3, 0.4) is 0 Å². The highest BCUT2D eigenvalue weighted by atomic mass is 16.5. The van der Waals surface area contributed by atoms with Crippen LogP contribution in [0.1, 0.15) is 40.0 Å². The number of nitrogens with zero attached hydrogens (tertiary/aromatic N) is 1. The fourth-order valence-electron chi connectivity index (χ4n) is 3.23. The molecule has 0 radical (unpaired) electrons. The minimum atomic E-state index is -1.04. The first-order valence-corrected chi connectivity index (χ1v) is 8.33. The van der Waals surface area contributed by atoms with E-state index in [2.05, 4.69) is 15.6 Å². The zero-order valence-corrected chi connectivity index (χ0v) is 14.7. The van der Waals surface area contributed by atoms with Gasteiger partial charge in [0.1, 0.15) is 11.2 Å². The van der Waals surface area contributed by atoms with Gasteiger partial charge in [0.25, 0.3) is 0 Å². The van der Waals surface area contributed by atoms with E-state index >= 15 is 0 Å². The average molecular weight is 331 g/mol. The molecule has 1 aliphatic rings. The molecular weight excluding hydrogens is 306 g/mol. The molecule has 1 atom stereocenters. The number of carbonyl (C=O) groups is 2. The molecule has 0 saturated carbocycles. The molecule has 6 heteroatoms. The molecule has 2 amide bonds. The van der Waals surface area contributed by atoms with E-state index in [0.717, 1.165) is 12.8 Å². The number of hydrogen-bond acceptors (Lipinski definition) is 4. The maximum absolute atomic E-state index is 12.7. The fourth-order valence-corrected chi connectivity index (χ4v) is 3.23. The number of amides is 2. The summed E-state index contributed by atoms with van der Waals surface area (Å²) >= 11 is 0. The van der Waals surface area contributed by atoms with Gasteiger partial charge in [0.15, 0.2) is 0 Å². The number of aliphatic imine (C=N–C) groups is 1. The summed E-state index contributed by atoms with van der Waals surface area (Å²) < 4.78 is 5.15. The predicted octanol–water partition coefficient (Wildman–Crippen LogP) is 2.76. The van der Waals surface area contributed by atoms with E-state index in [9.17, 15) is 9.59 Å². The molecule has 1 aromatic carbocycles. The standard InChI is InChI=1S/C18H25N3O3/c1-5-8-12(3)18(6-2)15(22)20-17(21-16(18)23)19-13-9-7-10-14(11-13)24-4/h7,9-12H,5-6,8H2,1-4H3,(H2,19,20,21,22,23)/t12-/m1/s1. The van der Waals surface area contributed by atoms with E-state index in [1.165, 1.54) is 0 Å². The van der Waals surface area contributed by atoms with Crippen molar-refractivity contribution in [2.24, 2.45) is 16.3 Å². The van der Waals surface area contributed by atoms with Crippen LogP contribution in [0.5, 0.6) is 5.75 Å². The Labute approximate surface area is 142 Å². The van der Waals surface area contributed by atoms with Gasteiger partial charge in [0.05, 0.1) is 12.8 Å². The van der Waals surface area contributed by atoms with Crippen LogP contribution in [0, 0.1) is 11.3 Å². The number of hydrogen-bond donors (Lipinski definition) is 2. The Balaban J connectivity index is 2.27. The molecule has 1 heterocycles. The van der Waals surface area contributed by atoms with E-state index < -0.39 is 5.41 Å². The van der Waals surface area contributed by atoms with Crippen molar-refractivity contribution in [1.82, 2.24) is 10.6 Å². The van der Waals surface area contributed by atoms with E-state index in [4.69, 9.17) is 4.74 Å². The summed E-state index contributed by atoms with van der Waals surface area (Å²) in [6.45, 7) is 5.88. The van der Waals surface area contributed by atoms with E-state index in [-0.39, 0.29) is 23.7 Å². The molecule has 130 valence electrons. The van der Waals surface area contributed by atoms with Crippen LogP contribution in [0.4, 0.5) is 5.69 Å². The van der Waals surface area contributed by atoms with Gasteiger partial charge in [-0.3, -0.25) is 20.2 Å². The molecule has 0 unspecified atom stereocenters. The summed E-state index contributed by atoms with van der Waals surface area (Å²) in [5, 5.41) is 5.50. The second kappa shape index (κ2) is 7.47. The number of carbonyl (C=O) groups excluding carboxylic acids is 2. The fraction of sp³-hybridized carbons (Fsp3) is 0.500. The van der Waals surface area contributed by atoms with Gasteiger partial charge in [-0.25, -0.2) is 4.99 Å². The van der Waals surface area contributed by atoms with Crippen LogP contribution in [-0.2, 0) is 9.59 Å². The van der Waals surface area contributed by atoms with Crippen LogP contribution in [0.25, 0.3) is 0 Å². The van der Waals surface area contributed by atoms with Crippen molar-refractivity contribution in [3.8, 4) is 5.75 Å². The molecule has 0 spiro atoms. The third-order valence-corrected chi connectivity index (χ3v) is 4.69. The molecule has 0 aliphatic carbocycles. The van der Waals surface area contributed by atoms with Gasteiger partial charge >= 0.3 is 0 Å². The monoisotopic (exact) mass is 331 g/mol. The Morgan fingerprint density at radius 3 is 2.42 bits per heavy atom. The van der Waals surface area contributed by atoms with Gasteiger partial charge in [0.2, 0.25) is 17.8 Å². The lowest BCUT2D eigenvalue weighted by molar-refractivity contribution is -0.147. The molecule has 1 fully saturated rings. The van der Waals surface area contributed by atoms with Crippen molar-refractivity contribution in [2.75, 3.05) is 7.11 Å². The number of nitrogens with one attached hydrogen (secondary N) is 2. The number of methoxy groups -OCH3 is 1. The minimum Gasteiger partial charge on any atom is -0.497 e. The van der Waals surface area contributed by atoms with Crippen LogP contribution < -0.4 is 15.4 Å². The second-order valence-corrected chi connectivity index (χ2v) is 6.08. The molecule has 1 saturated heterocycles. The maximum Gasteiger partial charge on any atom is 0.242 e. The molecule has 24 heavy (non-hydrogen) atoms. The molecule has 6 nitrogen and oxygen atoms in total. The van der Waals surface area contributed by atoms with Crippen molar-refractivity contribution in [2.45, 2.75) is 40.0 Å². The van der Waals surface area contributed by atoms with Crippen molar-refractivity contribution < 1.29 is 14.3 Å². The summed E-state index contributed by atoms with van der Waals surface area (Å²) in [4.78, 5) is 29.7. The predicted molar refractivity (Wildman–Crippen MR) is 93.2 cm³/mol. The molecule has 1 aliphatic heterocycles. The Kier molecular flexibility index (Phi) is 5.59. The lowest BCUT2D eigenvalue weighted by atomic mass is 9.70. The minimum absolute atomic E-state index is 0.0362. The molecule has 1 aromatic rings. The summed E-state index contributed by atoms with van der Waals surface area (Å²) in [6.07, 6.45) is 2.20. The van der Waals surface area contributed by atoms with Gasteiger partial charge in [0, 0.05) is 6.07 Å². The quantitative estimate of drug-likeness (QED) is 0.787. The zero-order valence-electron chi connectivity index (χ0n) is 14.7. The van der Waals surface area contributed by atoms with Crippen molar-refractivity contribution in [3.05, 3.63) is 24.3 Å². The molecule has 0 bridgehead atoms. The normalized spacial score (nSPS) is 21.8. The van der Waals surface area contributed by atoms with Gasteiger partial charge in [-0.2, -0.15) is 0 Å². The van der Waals surface area contributed by atoms with Gasteiger partial charge < -0.3 is 4.74 Å². The van der Waals surface area contributed by atoms with Crippen molar-refractivity contribution in [3.63, 3.8) is 0 Å². The first kappa shape index (κ1) is 18.0. The summed E-state index contributed by atoms with van der Waals surface area (Å²) in [6, 6.07) is 7.10. The SMILES string of the molecule is CCC[C@@H](C)C1(CC)C(=O)NC(=Nc2cccc(OC)c2)NC1=O. The van der Waals surface area contributed by atoms with Crippen molar-refractivity contribution in [1.29, 1.82) is 0 Å². The zero-order chi connectivity index (χ0) is 17.7. The topological polar surface area (TPSA) is 79.8 Å². The van der Waals surface area contributed by atoms with Crippen molar-refractivity contribution >= 4 is 23.5 Å². The average Bonchev–Trinajstić information content (AvgIpc) is 2.55. The highest BCUT2D eigenvalue weighted by molar-refractivity contribution is 6.20. The largest absolute Gasteiger partial charge is 0.497 e. The Morgan fingerprint density at radius 2 is 1.88 bits per heavy atom. The molecular formula is C18H25N3O3. The Morgan fingerprint density at radius 1 is 1.21 bits per heavy atom. The number of rotatable bonds is 6.